The quantitative estimate of drug-likeness (QED) is 0.178. The SMILES string of the molecule is CC(C)(C)c1ccc(-n2c(-c3[c-]c(-c4cc(C(C)(C)C)cc5nccnc45)cc(C(C)(C)C)c3)nc3c(-c4c(O)ccc5c4oc4ccccc45)cccc32)cc1.[Pt]. The van der Waals surface area contributed by atoms with Crippen molar-refractivity contribution in [2.24, 2.45) is 0 Å². The Morgan fingerprint density at radius 2 is 1.28 bits per heavy atom. The van der Waals surface area contributed by atoms with Gasteiger partial charge in [0.1, 0.15) is 16.9 Å². The number of nitrogens with zero attached hydrogens (tertiary/aromatic N) is 4. The van der Waals surface area contributed by atoms with Crippen molar-refractivity contribution in [1.82, 2.24) is 19.5 Å². The molecule has 0 fully saturated rings. The van der Waals surface area contributed by atoms with Crippen LogP contribution in [0.3, 0.4) is 0 Å². The molecule has 0 atom stereocenters. The van der Waals surface area contributed by atoms with Gasteiger partial charge in [0.15, 0.2) is 0 Å². The Kier molecular flexibility index (Phi) is 9.52. The molecule has 0 aliphatic rings. The van der Waals surface area contributed by atoms with E-state index in [1.54, 1.807) is 18.5 Å². The van der Waals surface area contributed by atoms with Crippen LogP contribution in [0, 0.1) is 6.07 Å². The number of phenols is 1. The van der Waals surface area contributed by atoms with Crippen LogP contribution in [0.15, 0.2) is 120 Å². The molecule has 6 aromatic carbocycles. The molecule has 0 radical (unpaired) electrons. The number of benzene rings is 6. The molecular formula is C51H47N4O2Pt-. The Hall–Kier alpha value is -5.58. The Balaban J connectivity index is 0.00000469. The van der Waals surface area contributed by atoms with E-state index in [0.29, 0.717) is 11.1 Å². The van der Waals surface area contributed by atoms with Crippen molar-refractivity contribution >= 4 is 44.0 Å². The van der Waals surface area contributed by atoms with Crippen LogP contribution in [0.2, 0.25) is 0 Å². The van der Waals surface area contributed by atoms with Gasteiger partial charge >= 0.3 is 0 Å². The third-order valence-electron chi connectivity index (χ3n) is 11.2. The van der Waals surface area contributed by atoms with E-state index in [1.807, 2.05) is 36.4 Å². The predicted molar refractivity (Wildman–Crippen MR) is 234 cm³/mol. The molecule has 3 aromatic heterocycles. The fourth-order valence-electron chi connectivity index (χ4n) is 7.87. The number of aromatic nitrogens is 4. The van der Waals surface area contributed by atoms with E-state index >= 15 is 0 Å². The molecule has 294 valence electrons. The van der Waals surface area contributed by atoms with E-state index in [1.165, 1.54) is 11.1 Å². The monoisotopic (exact) mass is 942 g/mol. The number of para-hydroxylation sites is 2. The zero-order valence-electron chi connectivity index (χ0n) is 34.4. The number of hydrogen-bond acceptors (Lipinski definition) is 5. The molecule has 0 spiro atoms. The van der Waals surface area contributed by atoms with Crippen molar-refractivity contribution in [3.63, 3.8) is 0 Å². The van der Waals surface area contributed by atoms with E-state index in [2.05, 4.69) is 134 Å². The second-order valence-electron chi connectivity index (χ2n) is 18.3. The fraction of sp³-hybridized carbons (Fsp3) is 0.235. The van der Waals surface area contributed by atoms with Crippen molar-refractivity contribution in [2.75, 3.05) is 0 Å². The van der Waals surface area contributed by atoms with Gasteiger partial charge in [-0.1, -0.05) is 122 Å². The van der Waals surface area contributed by atoms with Gasteiger partial charge < -0.3 is 14.1 Å². The maximum atomic E-state index is 11.6. The zero-order chi connectivity index (χ0) is 40.0. The number of furan rings is 1. The summed E-state index contributed by atoms with van der Waals surface area (Å²) in [6, 6.07) is 39.4. The molecule has 6 nitrogen and oxygen atoms in total. The van der Waals surface area contributed by atoms with Crippen molar-refractivity contribution < 1.29 is 30.6 Å². The molecule has 9 aromatic rings. The smallest absolute Gasteiger partial charge is 0.147 e. The van der Waals surface area contributed by atoms with Crippen molar-refractivity contribution in [3.05, 3.63) is 138 Å². The van der Waals surface area contributed by atoms with E-state index < -0.39 is 0 Å². The van der Waals surface area contributed by atoms with Crippen LogP contribution < -0.4 is 0 Å². The zero-order valence-corrected chi connectivity index (χ0v) is 36.7. The van der Waals surface area contributed by atoms with Crippen LogP contribution in [0.25, 0.3) is 83.3 Å². The molecule has 3 heterocycles. The summed E-state index contributed by atoms with van der Waals surface area (Å²) < 4.78 is 8.72. The summed E-state index contributed by atoms with van der Waals surface area (Å²) in [4.78, 5) is 15.2. The summed E-state index contributed by atoms with van der Waals surface area (Å²) in [7, 11) is 0. The van der Waals surface area contributed by atoms with E-state index in [0.717, 1.165) is 77.8 Å². The summed E-state index contributed by atoms with van der Waals surface area (Å²) in [6.45, 7) is 20.1. The second kappa shape index (κ2) is 14.1. The molecule has 9 rings (SSSR count). The van der Waals surface area contributed by atoms with Crippen LogP contribution in [-0.2, 0) is 37.3 Å². The van der Waals surface area contributed by atoms with Gasteiger partial charge in [-0.2, -0.15) is 0 Å². The minimum atomic E-state index is -0.194. The van der Waals surface area contributed by atoms with Gasteiger partial charge in [-0.3, -0.25) is 15.0 Å². The average Bonchev–Trinajstić information content (AvgIpc) is 3.75. The topological polar surface area (TPSA) is 77.0 Å². The maximum absolute atomic E-state index is 11.6. The number of aromatic hydroxyl groups is 1. The fourth-order valence-corrected chi connectivity index (χ4v) is 7.87. The average molecular weight is 943 g/mol. The third-order valence-corrected chi connectivity index (χ3v) is 11.2. The van der Waals surface area contributed by atoms with Gasteiger partial charge in [0, 0.05) is 55.5 Å². The van der Waals surface area contributed by atoms with Crippen LogP contribution >= 0.6 is 0 Å². The Morgan fingerprint density at radius 1 is 0.603 bits per heavy atom. The van der Waals surface area contributed by atoms with Crippen LogP contribution in [0.5, 0.6) is 5.75 Å². The number of rotatable bonds is 4. The number of imidazole rings is 1. The molecule has 0 aliphatic carbocycles. The van der Waals surface area contributed by atoms with Gasteiger partial charge in [0.25, 0.3) is 0 Å². The van der Waals surface area contributed by atoms with Crippen LogP contribution in [0.1, 0.15) is 79.0 Å². The first-order valence-corrected chi connectivity index (χ1v) is 19.7. The first-order valence-electron chi connectivity index (χ1n) is 19.7. The molecule has 0 saturated carbocycles. The number of fused-ring (bicyclic) bond motifs is 5. The standard InChI is InChI=1S/C51H47N4O2.Pt/c1-49(2,3)32-17-19-35(20-18-32)55-41-15-12-14-38(44-42(56)22-21-37-36-13-10-11-16-43(36)57-47(37)44)46(41)54-48(55)31-25-30(26-33(27-31)50(4,5)6)39-28-34(51(7,8)9)29-40-45(39)53-24-23-52-40;/h10-24,26-29,56H,1-9H3;/q-1;. The third kappa shape index (κ3) is 6.71. The molecule has 0 saturated heterocycles. The van der Waals surface area contributed by atoms with Crippen molar-refractivity contribution in [1.29, 1.82) is 0 Å². The maximum Gasteiger partial charge on any atom is 0.147 e. The van der Waals surface area contributed by atoms with E-state index in [9.17, 15) is 5.11 Å². The van der Waals surface area contributed by atoms with Gasteiger partial charge in [-0.15, -0.1) is 29.3 Å². The predicted octanol–water partition coefficient (Wildman–Crippen LogP) is 13.3. The van der Waals surface area contributed by atoms with Crippen molar-refractivity contribution in [2.45, 2.75) is 78.6 Å². The summed E-state index contributed by atoms with van der Waals surface area (Å²) in [5.41, 5.74) is 13.1. The normalized spacial score (nSPS) is 12.5. The molecule has 0 amide bonds. The molecule has 7 heteroatoms. The minimum absolute atomic E-state index is 0. The first kappa shape index (κ1) is 39.3. The molecule has 0 aliphatic heterocycles. The molecule has 0 bridgehead atoms. The van der Waals surface area contributed by atoms with Crippen molar-refractivity contribution in [3.8, 4) is 45.1 Å². The van der Waals surface area contributed by atoms with Gasteiger partial charge in [0.2, 0.25) is 0 Å². The molecule has 1 N–H and O–H groups in total. The van der Waals surface area contributed by atoms with Crippen LogP contribution in [0.4, 0.5) is 0 Å². The van der Waals surface area contributed by atoms with Gasteiger partial charge in [-0.05, 0) is 69.8 Å². The Morgan fingerprint density at radius 3 is 2.00 bits per heavy atom. The van der Waals surface area contributed by atoms with Gasteiger partial charge in [-0.25, -0.2) is 0 Å². The van der Waals surface area contributed by atoms with Crippen LogP contribution in [-0.4, -0.2) is 24.6 Å². The summed E-state index contributed by atoms with van der Waals surface area (Å²) in [5, 5.41) is 13.5. The first-order chi connectivity index (χ1) is 27.1. The molecular weight excluding hydrogens is 896 g/mol. The summed E-state index contributed by atoms with van der Waals surface area (Å²) in [5.74, 6) is 0.877. The van der Waals surface area contributed by atoms with Gasteiger partial charge in [0.05, 0.1) is 33.5 Å². The Bertz CT molecular complexity index is 3030. The largest absolute Gasteiger partial charge is 0.507 e. The van der Waals surface area contributed by atoms with E-state index in [4.69, 9.17) is 19.4 Å². The molecule has 58 heavy (non-hydrogen) atoms. The second-order valence-corrected chi connectivity index (χ2v) is 18.3. The Labute approximate surface area is 354 Å². The summed E-state index contributed by atoms with van der Waals surface area (Å²) >= 11 is 0. The summed E-state index contributed by atoms with van der Waals surface area (Å²) in [6.07, 6.45) is 3.52. The van der Waals surface area contributed by atoms with E-state index in [-0.39, 0.29) is 43.1 Å². The number of hydrogen-bond donors (Lipinski definition) is 1. The number of phenolic OH excluding ortho intramolecular Hbond substituents is 1. The minimum Gasteiger partial charge on any atom is -0.507 e. The molecule has 0 unspecified atom stereocenters.